The van der Waals surface area contributed by atoms with Crippen LogP contribution in [0.25, 0.3) is 0 Å². The van der Waals surface area contributed by atoms with Gasteiger partial charge in [0.25, 0.3) is 0 Å². The Hall–Kier alpha value is -2.63. The minimum absolute atomic E-state index is 0.00122. The largest absolute Gasteiger partial charge is 0.335 e. The van der Waals surface area contributed by atoms with Gasteiger partial charge in [0, 0.05) is 26.6 Å². The summed E-state index contributed by atoms with van der Waals surface area (Å²) in [5.74, 6) is 0.542. The van der Waals surface area contributed by atoms with E-state index in [0.29, 0.717) is 12.4 Å². The van der Waals surface area contributed by atoms with Crippen molar-refractivity contribution in [1.82, 2.24) is 14.7 Å². The molecule has 0 radical (unpaired) electrons. The average molecular weight is 326 g/mol. The van der Waals surface area contributed by atoms with E-state index in [1.807, 2.05) is 31.2 Å². The third-order valence-corrected chi connectivity index (χ3v) is 4.47. The van der Waals surface area contributed by atoms with Crippen molar-refractivity contribution >= 4 is 17.6 Å². The van der Waals surface area contributed by atoms with Gasteiger partial charge in [-0.05, 0) is 24.5 Å². The van der Waals surface area contributed by atoms with Crippen LogP contribution in [0.4, 0.5) is 5.82 Å². The molecule has 0 fully saturated rings. The molecule has 0 bridgehead atoms. The van der Waals surface area contributed by atoms with Gasteiger partial charge in [0.1, 0.15) is 5.82 Å². The molecule has 6 heteroatoms. The summed E-state index contributed by atoms with van der Waals surface area (Å²) < 4.78 is 1.64. The summed E-state index contributed by atoms with van der Waals surface area (Å²) in [7, 11) is 1.79. The molecule has 1 aromatic heterocycles. The molecule has 0 saturated heterocycles. The lowest BCUT2D eigenvalue weighted by atomic mass is 9.90. The molecule has 2 amide bonds. The zero-order valence-corrected chi connectivity index (χ0v) is 14.2. The minimum atomic E-state index is -0.221. The second-order valence-corrected chi connectivity index (χ2v) is 6.22. The first-order valence-electron chi connectivity index (χ1n) is 8.11. The van der Waals surface area contributed by atoms with Crippen LogP contribution in [-0.2, 0) is 23.1 Å². The van der Waals surface area contributed by atoms with Crippen molar-refractivity contribution in [2.45, 2.75) is 32.7 Å². The number of carbonyl (C=O) groups is 2. The second kappa shape index (κ2) is 6.47. The minimum Gasteiger partial charge on any atom is -0.335 e. The van der Waals surface area contributed by atoms with Gasteiger partial charge in [0.15, 0.2) is 0 Å². The van der Waals surface area contributed by atoms with E-state index in [4.69, 9.17) is 0 Å². The molecule has 3 rings (SSSR count). The van der Waals surface area contributed by atoms with Crippen LogP contribution < -0.4 is 5.32 Å². The van der Waals surface area contributed by atoms with Crippen LogP contribution in [0.5, 0.6) is 0 Å². The Morgan fingerprint density at radius 2 is 2.08 bits per heavy atom. The van der Waals surface area contributed by atoms with Crippen LogP contribution in [0.3, 0.4) is 0 Å². The lowest BCUT2D eigenvalue weighted by molar-refractivity contribution is -0.132. The first kappa shape index (κ1) is 16.2. The van der Waals surface area contributed by atoms with Crippen molar-refractivity contribution in [3.05, 3.63) is 47.2 Å². The maximum atomic E-state index is 12.5. The second-order valence-electron chi connectivity index (χ2n) is 6.22. The van der Waals surface area contributed by atoms with E-state index in [2.05, 4.69) is 16.5 Å². The highest BCUT2D eigenvalue weighted by atomic mass is 16.2. The van der Waals surface area contributed by atoms with Crippen molar-refractivity contribution in [3.63, 3.8) is 0 Å². The molecule has 0 saturated carbocycles. The third-order valence-electron chi connectivity index (χ3n) is 4.47. The van der Waals surface area contributed by atoms with Crippen LogP contribution in [0.1, 0.15) is 36.2 Å². The molecule has 2 heterocycles. The molecule has 1 N–H and O–H groups in total. The number of hydrogen-bond donors (Lipinski definition) is 1. The van der Waals surface area contributed by atoms with Crippen molar-refractivity contribution in [1.29, 1.82) is 0 Å². The Balaban J connectivity index is 1.81. The molecule has 1 atom stereocenters. The Kier molecular flexibility index (Phi) is 4.38. The smallest absolute Gasteiger partial charge is 0.227 e. The fourth-order valence-corrected chi connectivity index (χ4v) is 3.35. The van der Waals surface area contributed by atoms with Gasteiger partial charge in [0.2, 0.25) is 11.8 Å². The third kappa shape index (κ3) is 3.18. The van der Waals surface area contributed by atoms with Gasteiger partial charge in [-0.25, -0.2) is 0 Å². The summed E-state index contributed by atoms with van der Waals surface area (Å²) in [4.78, 5) is 26.3. The molecule has 24 heavy (non-hydrogen) atoms. The van der Waals surface area contributed by atoms with Crippen LogP contribution in [0.2, 0.25) is 0 Å². The van der Waals surface area contributed by atoms with E-state index in [9.17, 15) is 9.59 Å². The van der Waals surface area contributed by atoms with E-state index in [-0.39, 0.29) is 24.3 Å². The van der Waals surface area contributed by atoms with Gasteiger partial charge in [-0.2, -0.15) is 5.10 Å². The number of nitrogens with zero attached hydrogens (tertiary/aromatic N) is 3. The quantitative estimate of drug-likeness (QED) is 0.940. The number of hydrogen-bond acceptors (Lipinski definition) is 3. The normalized spacial score (nSPS) is 16.6. The van der Waals surface area contributed by atoms with Gasteiger partial charge in [-0.15, -0.1) is 0 Å². The van der Waals surface area contributed by atoms with Crippen molar-refractivity contribution in [2.24, 2.45) is 7.05 Å². The molecule has 6 nitrogen and oxygen atoms in total. The standard InChI is InChI=1S/C18H22N4O2/c1-12-10-17(21(3)20-12)19-18(24)11-16-15-7-5-4-6-14(15)8-9-22(16)13(2)23/h4-7,10,16H,8-9,11H2,1-3H3,(H,19,24)/t16-/m1/s1. The van der Waals surface area contributed by atoms with Crippen LogP contribution >= 0.6 is 0 Å². The number of amides is 2. The lowest BCUT2D eigenvalue weighted by Gasteiger charge is -2.36. The number of anilines is 1. The first-order valence-corrected chi connectivity index (χ1v) is 8.11. The van der Waals surface area contributed by atoms with Gasteiger partial charge in [0.05, 0.1) is 18.2 Å². The highest BCUT2D eigenvalue weighted by Crippen LogP contribution is 2.32. The van der Waals surface area contributed by atoms with Crippen molar-refractivity contribution in [3.8, 4) is 0 Å². The van der Waals surface area contributed by atoms with E-state index < -0.39 is 0 Å². The molecule has 0 spiro atoms. The van der Waals surface area contributed by atoms with Crippen LogP contribution in [-0.4, -0.2) is 33.0 Å². The SMILES string of the molecule is CC(=O)N1CCc2ccccc2[C@H]1CC(=O)Nc1cc(C)nn1C. The van der Waals surface area contributed by atoms with Crippen LogP contribution in [0, 0.1) is 6.92 Å². The number of nitrogens with one attached hydrogen (secondary N) is 1. The molecule has 2 aromatic rings. The molecule has 126 valence electrons. The molecule has 1 aromatic carbocycles. The number of aryl methyl sites for hydroxylation is 2. The van der Waals surface area contributed by atoms with E-state index in [0.717, 1.165) is 17.7 Å². The van der Waals surface area contributed by atoms with Crippen molar-refractivity contribution in [2.75, 3.05) is 11.9 Å². The summed E-state index contributed by atoms with van der Waals surface area (Å²) in [6.45, 7) is 4.09. The van der Waals surface area contributed by atoms with Gasteiger partial charge in [-0.3, -0.25) is 14.3 Å². The van der Waals surface area contributed by atoms with E-state index in [1.165, 1.54) is 5.56 Å². The molecule has 0 aliphatic carbocycles. The maximum Gasteiger partial charge on any atom is 0.227 e. The van der Waals surface area contributed by atoms with Gasteiger partial charge in [-0.1, -0.05) is 24.3 Å². The Labute approximate surface area is 141 Å². The monoisotopic (exact) mass is 326 g/mol. The molecule has 0 unspecified atom stereocenters. The molecular weight excluding hydrogens is 304 g/mol. The zero-order chi connectivity index (χ0) is 17.3. The maximum absolute atomic E-state index is 12.5. The number of rotatable bonds is 3. The number of benzene rings is 1. The number of aromatic nitrogens is 2. The highest BCUT2D eigenvalue weighted by molar-refractivity contribution is 5.91. The van der Waals surface area contributed by atoms with Crippen molar-refractivity contribution < 1.29 is 9.59 Å². The fourth-order valence-electron chi connectivity index (χ4n) is 3.35. The highest BCUT2D eigenvalue weighted by Gasteiger charge is 2.30. The molecular formula is C18H22N4O2. The molecule has 1 aliphatic rings. The average Bonchev–Trinajstić information content (AvgIpc) is 2.84. The fraction of sp³-hybridized carbons (Fsp3) is 0.389. The summed E-state index contributed by atoms with van der Waals surface area (Å²) in [5.41, 5.74) is 3.13. The Morgan fingerprint density at radius 3 is 2.75 bits per heavy atom. The first-order chi connectivity index (χ1) is 11.5. The number of fused-ring (bicyclic) bond motifs is 1. The van der Waals surface area contributed by atoms with E-state index in [1.54, 1.807) is 23.6 Å². The number of carbonyl (C=O) groups excluding carboxylic acids is 2. The van der Waals surface area contributed by atoms with E-state index >= 15 is 0 Å². The summed E-state index contributed by atoms with van der Waals surface area (Å²) in [6, 6.07) is 9.64. The molecule has 1 aliphatic heterocycles. The Morgan fingerprint density at radius 1 is 1.33 bits per heavy atom. The van der Waals surface area contributed by atoms with Gasteiger partial charge >= 0.3 is 0 Å². The predicted octanol–water partition coefficient (Wildman–Crippen LogP) is 2.20. The summed E-state index contributed by atoms with van der Waals surface area (Å²) >= 11 is 0. The summed E-state index contributed by atoms with van der Waals surface area (Å²) in [6.07, 6.45) is 1.07. The Bertz CT molecular complexity index is 781. The van der Waals surface area contributed by atoms with Crippen LogP contribution in [0.15, 0.2) is 30.3 Å². The topological polar surface area (TPSA) is 67.2 Å². The summed E-state index contributed by atoms with van der Waals surface area (Å²) in [5, 5.41) is 7.12. The van der Waals surface area contributed by atoms with Gasteiger partial charge < -0.3 is 10.2 Å². The lowest BCUT2D eigenvalue weighted by Crippen LogP contribution is -2.40. The zero-order valence-electron chi connectivity index (χ0n) is 14.2. The predicted molar refractivity (Wildman–Crippen MR) is 91.5 cm³/mol.